The van der Waals surface area contributed by atoms with E-state index in [1.165, 1.54) is 47.0 Å². The van der Waals surface area contributed by atoms with E-state index in [1.54, 1.807) is 39.8 Å². The van der Waals surface area contributed by atoms with Gasteiger partial charge in [-0.15, -0.1) is 0 Å². The van der Waals surface area contributed by atoms with Crippen molar-refractivity contribution >= 4 is 29.2 Å². The normalized spacial score (nSPS) is 34.5. The largest absolute Gasteiger partial charge is 0.507 e. The molecule has 50 heavy (non-hydrogen) atoms. The molecule has 0 radical (unpaired) electrons. The fraction of sp³-hybridized carbons (Fsp3) is 0.486. The Kier molecular flexibility index (Phi) is 11.2. The molecular formula is C37H45NO12. The number of hydrogen-bond donors (Lipinski definition) is 4. The van der Waals surface area contributed by atoms with Gasteiger partial charge in [0.05, 0.1) is 47.0 Å². The molecule has 270 valence electrons. The van der Waals surface area contributed by atoms with Gasteiger partial charge in [0.2, 0.25) is 5.78 Å². The Morgan fingerprint density at radius 1 is 0.940 bits per heavy atom. The highest BCUT2D eigenvalue weighted by Crippen LogP contribution is 2.47. The van der Waals surface area contributed by atoms with Crippen LogP contribution >= 0.6 is 0 Å². The zero-order valence-electron chi connectivity index (χ0n) is 29.6. The van der Waals surface area contributed by atoms with Crippen molar-refractivity contribution in [2.75, 3.05) is 7.11 Å². The van der Waals surface area contributed by atoms with Crippen LogP contribution in [0.15, 0.2) is 47.9 Å². The highest BCUT2D eigenvalue weighted by atomic mass is 16.7. The quantitative estimate of drug-likeness (QED) is 0.329. The molecule has 0 unspecified atom stereocenters. The first-order valence-corrected chi connectivity index (χ1v) is 16.4. The van der Waals surface area contributed by atoms with Crippen molar-refractivity contribution in [2.45, 2.75) is 85.6 Å². The summed E-state index contributed by atoms with van der Waals surface area (Å²) in [5, 5.41) is 36.1. The number of ether oxygens (including phenoxy) is 4. The predicted octanol–water partition coefficient (Wildman–Crippen LogP) is 3.63. The molecule has 9 atom stereocenters. The molecule has 0 saturated heterocycles. The second-order valence-corrected chi connectivity index (χ2v) is 13.4. The molecule has 5 rings (SSSR count). The third-order valence-electron chi connectivity index (χ3n) is 9.80. The Hall–Kier alpha value is -4.59. The molecule has 4 N–H and O–H groups in total. The molecule has 3 heterocycles. The number of methoxy groups -OCH3 is 1. The molecule has 0 aromatic heterocycles. The van der Waals surface area contributed by atoms with Crippen molar-refractivity contribution in [3.63, 3.8) is 0 Å². The number of allylic oxidation sites excluding steroid dienone is 4. The Morgan fingerprint density at radius 3 is 2.22 bits per heavy atom. The Bertz CT molecular complexity index is 1720. The topological polar surface area (TPSA) is 195 Å². The summed E-state index contributed by atoms with van der Waals surface area (Å²) in [6.07, 6.45) is 4.31. The number of aliphatic hydroxyl groups excluding tert-OH is 2. The lowest BCUT2D eigenvalue weighted by atomic mass is 9.78. The molecule has 0 saturated carbocycles. The smallest absolute Gasteiger partial charge is 0.312 e. The van der Waals surface area contributed by atoms with Crippen LogP contribution in [-0.2, 0) is 23.8 Å². The van der Waals surface area contributed by atoms with E-state index in [0.29, 0.717) is 0 Å². The van der Waals surface area contributed by atoms with Crippen molar-refractivity contribution in [1.82, 2.24) is 5.32 Å². The minimum Gasteiger partial charge on any atom is -0.507 e. The van der Waals surface area contributed by atoms with Gasteiger partial charge in [0, 0.05) is 61.8 Å². The maximum Gasteiger partial charge on any atom is 0.312 e. The summed E-state index contributed by atoms with van der Waals surface area (Å²) in [6.45, 7) is 12.3. The Labute approximate surface area is 290 Å². The zero-order chi connectivity index (χ0) is 37.4. The predicted molar refractivity (Wildman–Crippen MR) is 179 cm³/mol. The molecule has 1 aliphatic carbocycles. The molecule has 1 aromatic rings. The van der Waals surface area contributed by atoms with Crippen molar-refractivity contribution in [2.24, 2.45) is 23.7 Å². The summed E-state index contributed by atoms with van der Waals surface area (Å²) < 4.78 is 23.1. The van der Waals surface area contributed by atoms with Gasteiger partial charge in [-0.25, -0.2) is 0 Å². The zero-order valence-corrected chi connectivity index (χ0v) is 29.6. The van der Waals surface area contributed by atoms with Crippen molar-refractivity contribution in [1.29, 1.82) is 0 Å². The molecule has 1 amide bonds. The molecule has 0 fully saturated rings. The molecule has 3 aliphatic heterocycles. The van der Waals surface area contributed by atoms with E-state index in [0.717, 1.165) is 12.3 Å². The van der Waals surface area contributed by atoms with E-state index in [4.69, 9.17) is 18.9 Å². The number of carbonyl (C=O) groups is 5. The number of rotatable bonds is 2. The fourth-order valence-electron chi connectivity index (χ4n) is 6.62. The van der Waals surface area contributed by atoms with Gasteiger partial charge >= 0.3 is 11.8 Å². The summed E-state index contributed by atoms with van der Waals surface area (Å²) in [5.74, 6) is -8.99. The van der Waals surface area contributed by atoms with E-state index in [-0.39, 0.29) is 28.0 Å². The summed E-state index contributed by atoms with van der Waals surface area (Å²) in [5.41, 5.74) is -1.31. The highest BCUT2D eigenvalue weighted by molar-refractivity contribution is 6.30. The molecule has 13 nitrogen and oxygen atoms in total. The van der Waals surface area contributed by atoms with E-state index in [1.807, 2.05) is 0 Å². The summed E-state index contributed by atoms with van der Waals surface area (Å²) in [6, 6.07) is 0. The first-order chi connectivity index (χ1) is 23.4. The number of aromatic hydroxyl groups is 1. The number of esters is 1. The monoisotopic (exact) mass is 695 g/mol. The molecular weight excluding hydrogens is 650 g/mol. The van der Waals surface area contributed by atoms with Crippen LogP contribution in [0.3, 0.4) is 0 Å². The number of carbonyl (C=O) groups excluding carboxylic acids is 5. The molecule has 0 spiro atoms. The molecule has 5 bridgehead atoms. The number of fused-ring (bicyclic) bond motifs is 14. The standard InChI is InChI=1S/C37H45NO12/c1-16-11-10-12-17(2)36(46)38-23-15-24(40)26-27(32(23)44)31(43)21(6)34-28(26)35(45)37(8,50-34)48-14-13-25(47-9)18(3)33(49-22(7)39)20(5)30(42)19(4)29(16)41/h10-16,18-20,25,29-30,33,41-43H,1-9H3,(H,38,46)/b11-10-,14-13+,17-12-/t16-,18+,19+,20+,25-,29-,30+,33+,37-/m0/s1. The number of ketones is 3. The molecule has 13 heteroatoms. The average Bonchev–Trinajstić information content (AvgIpc) is 3.33. The number of benzene rings is 1. The first-order valence-electron chi connectivity index (χ1n) is 16.4. The van der Waals surface area contributed by atoms with Crippen LogP contribution in [0.25, 0.3) is 0 Å². The number of hydrogen-bond acceptors (Lipinski definition) is 12. The van der Waals surface area contributed by atoms with Gasteiger partial charge < -0.3 is 39.6 Å². The van der Waals surface area contributed by atoms with Crippen molar-refractivity contribution in [3.8, 4) is 11.5 Å². The number of aliphatic hydroxyl groups is 2. The summed E-state index contributed by atoms with van der Waals surface area (Å²) >= 11 is 0. The number of amides is 1. The number of Topliss-reactive ketones (excluding diaryl/α,β-unsaturated/α-hetero) is 2. The number of phenols is 1. The van der Waals surface area contributed by atoms with Crippen LogP contribution in [0.4, 0.5) is 0 Å². The minimum atomic E-state index is -2.03. The van der Waals surface area contributed by atoms with Gasteiger partial charge in [0.1, 0.15) is 17.6 Å². The van der Waals surface area contributed by atoms with Crippen molar-refractivity contribution < 1.29 is 58.2 Å². The fourth-order valence-corrected chi connectivity index (χ4v) is 6.62. The lowest BCUT2D eigenvalue weighted by Gasteiger charge is -2.38. The van der Waals surface area contributed by atoms with Crippen molar-refractivity contribution in [3.05, 3.63) is 70.2 Å². The van der Waals surface area contributed by atoms with Crippen LogP contribution < -0.4 is 10.1 Å². The minimum absolute atomic E-state index is 0.00885. The second-order valence-electron chi connectivity index (χ2n) is 13.4. The lowest BCUT2D eigenvalue weighted by molar-refractivity contribution is -0.160. The Morgan fingerprint density at radius 2 is 1.60 bits per heavy atom. The van der Waals surface area contributed by atoms with Gasteiger partial charge in [-0.2, -0.15) is 0 Å². The SMILES string of the molecule is CO[C@H]1/C=C/O[C@@]2(C)Oc3c(C)c(O)c4c(c3C2=O)C(=O)C=C(NC(=O)/C(C)=C\C=C/[C@H](C)[C@H](O)[C@@H](C)[C@@H](O)[C@@H](C)[C@H](OC(C)=O)[C@@H]1C)C4=O. The average molecular weight is 696 g/mol. The third kappa shape index (κ3) is 7.03. The lowest BCUT2D eigenvalue weighted by Crippen LogP contribution is -2.46. The summed E-state index contributed by atoms with van der Waals surface area (Å²) in [7, 11) is 1.42. The highest BCUT2D eigenvalue weighted by Gasteiger charge is 2.51. The number of nitrogens with one attached hydrogen (secondary N) is 1. The van der Waals surface area contributed by atoms with Gasteiger partial charge in [-0.3, -0.25) is 24.0 Å². The van der Waals surface area contributed by atoms with Gasteiger partial charge in [0.25, 0.3) is 11.7 Å². The summed E-state index contributed by atoms with van der Waals surface area (Å²) in [4.78, 5) is 66.2. The second kappa shape index (κ2) is 14.7. The third-order valence-corrected chi connectivity index (χ3v) is 9.80. The Balaban J connectivity index is 1.83. The van der Waals surface area contributed by atoms with Crippen LogP contribution in [0.1, 0.15) is 85.1 Å². The van der Waals surface area contributed by atoms with Gasteiger partial charge in [0.15, 0.2) is 5.78 Å². The van der Waals surface area contributed by atoms with Gasteiger partial charge in [-0.1, -0.05) is 45.9 Å². The molecule has 4 aliphatic rings. The van der Waals surface area contributed by atoms with Crippen LogP contribution in [0.2, 0.25) is 0 Å². The van der Waals surface area contributed by atoms with E-state index in [2.05, 4.69) is 5.32 Å². The van der Waals surface area contributed by atoms with Crippen LogP contribution in [-0.4, -0.2) is 81.9 Å². The van der Waals surface area contributed by atoms with Crippen LogP contribution in [0, 0.1) is 30.6 Å². The van der Waals surface area contributed by atoms with E-state index < -0.39 is 100 Å². The van der Waals surface area contributed by atoms with E-state index >= 15 is 0 Å². The van der Waals surface area contributed by atoms with Crippen LogP contribution in [0.5, 0.6) is 11.5 Å². The number of phenolic OH excluding ortho intramolecular Hbond substituents is 1. The van der Waals surface area contributed by atoms with Gasteiger partial charge in [-0.05, 0) is 19.9 Å². The first kappa shape index (κ1) is 38.2. The maximum absolute atomic E-state index is 13.9. The molecule has 1 aromatic carbocycles. The van der Waals surface area contributed by atoms with E-state index in [9.17, 15) is 39.3 Å². The maximum atomic E-state index is 13.9.